The van der Waals surface area contributed by atoms with Gasteiger partial charge in [-0.3, -0.25) is 4.79 Å². The van der Waals surface area contributed by atoms with Crippen LogP contribution in [0.25, 0.3) is 0 Å². The molecule has 2 fully saturated rings. The molecule has 1 spiro atoms. The molecule has 6 heteroatoms. The first-order valence-electron chi connectivity index (χ1n) is 9.91. The van der Waals surface area contributed by atoms with E-state index in [4.69, 9.17) is 4.74 Å². The van der Waals surface area contributed by atoms with Crippen molar-refractivity contribution in [3.63, 3.8) is 0 Å². The zero-order valence-electron chi connectivity index (χ0n) is 16.0. The second-order valence-corrected chi connectivity index (χ2v) is 7.87. The average Bonchev–Trinajstić information content (AvgIpc) is 3.00. The summed E-state index contributed by atoms with van der Waals surface area (Å²) in [7, 11) is 1.68. The minimum atomic E-state index is -0.339. The van der Waals surface area contributed by atoms with Gasteiger partial charge < -0.3 is 14.6 Å². The Kier molecular flexibility index (Phi) is 5.00. The van der Waals surface area contributed by atoms with Crippen molar-refractivity contribution in [2.45, 2.75) is 50.5 Å². The molecule has 1 aromatic carbocycles. The molecule has 0 bridgehead atoms. The molecule has 0 unspecified atom stereocenters. The number of ether oxygens (including phenoxy) is 1. The van der Waals surface area contributed by atoms with E-state index >= 15 is 0 Å². The van der Waals surface area contributed by atoms with Crippen molar-refractivity contribution in [2.75, 3.05) is 20.3 Å². The molecule has 144 valence electrons. The number of benzene rings is 1. The summed E-state index contributed by atoms with van der Waals surface area (Å²) in [6.45, 7) is 1.93. The smallest absolute Gasteiger partial charge is 0.231 e. The SMILES string of the molecule is COCCn1cnnc1CCNC(=O)[C@]1(c2ccccc2)CC12CCCC2. The Balaban J connectivity index is 1.43. The van der Waals surface area contributed by atoms with Crippen molar-refractivity contribution in [1.82, 2.24) is 20.1 Å². The molecule has 1 amide bonds. The van der Waals surface area contributed by atoms with Crippen LogP contribution in [0.3, 0.4) is 0 Å². The first-order valence-corrected chi connectivity index (χ1v) is 9.91. The van der Waals surface area contributed by atoms with Crippen LogP contribution in [0.4, 0.5) is 0 Å². The van der Waals surface area contributed by atoms with Crippen LogP contribution in [-0.2, 0) is 27.9 Å². The van der Waals surface area contributed by atoms with Gasteiger partial charge in [-0.15, -0.1) is 10.2 Å². The number of methoxy groups -OCH3 is 1. The van der Waals surface area contributed by atoms with E-state index in [1.54, 1.807) is 13.4 Å². The number of aromatic nitrogens is 3. The molecule has 27 heavy (non-hydrogen) atoms. The number of carbonyl (C=O) groups excluding carboxylic acids is 1. The molecule has 4 rings (SSSR count). The second kappa shape index (κ2) is 7.43. The normalized spacial score (nSPS) is 22.9. The third kappa shape index (κ3) is 3.16. The van der Waals surface area contributed by atoms with E-state index in [0.29, 0.717) is 19.6 Å². The summed E-state index contributed by atoms with van der Waals surface area (Å²) in [6.07, 6.45) is 8.19. The predicted octanol–water partition coefficient (Wildman–Crippen LogP) is 2.49. The fourth-order valence-electron chi connectivity index (χ4n) is 4.99. The van der Waals surface area contributed by atoms with Gasteiger partial charge in [-0.05, 0) is 30.2 Å². The van der Waals surface area contributed by atoms with Crippen molar-refractivity contribution < 1.29 is 9.53 Å². The lowest BCUT2D eigenvalue weighted by Crippen LogP contribution is -2.39. The number of hydrogen-bond donors (Lipinski definition) is 1. The zero-order chi connectivity index (χ0) is 18.7. The topological polar surface area (TPSA) is 69.0 Å². The number of nitrogens with zero attached hydrogens (tertiary/aromatic N) is 3. The summed E-state index contributed by atoms with van der Waals surface area (Å²) in [5.41, 5.74) is 1.01. The van der Waals surface area contributed by atoms with E-state index in [9.17, 15) is 4.79 Å². The highest BCUT2D eigenvalue weighted by Gasteiger charge is 2.72. The molecule has 2 aliphatic rings. The molecular formula is C21H28N4O2. The average molecular weight is 368 g/mol. The number of nitrogens with one attached hydrogen (secondary N) is 1. The Morgan fingerprint density at radius 2 is 2.04 bits per heavy atom. The van der Waals surface area contributed by atoms with Crippen molar-refractivity contribution in [1.29, 1.82) is 0 Å². The fourth-order valence-corrected chi connectivity index (χ4v) is 4.99. The summed E-state index contributed by atoms with van der Waals surface area (Å²) in [4.78, 5) is 13.3. The van der Waals surface area contributed by atoms with Crippen molar-refractivity contribution in [2.24, 2.45) is 5.41 Å². The number of carbonyl (C=O) groups is 1. The quantitative estimate of drug-likeness (QED) is 0.777. The Labute approximate surface area is 160 Å². The van der Waals surface area contributed by atoms with Crippen LogP contribution in [-0.4, -0.2) is 40.9 Å². The van der Waals surface area contributed by atoms with Gasteiger partial charge in [0.2, 0.25) is 5.91 Å². The van der Waals surface area contributed by atoms with Gasteiger partial charge in [0, 0.05) is 26.6 Å². The molecule has 2 aromatic rings. The monoisotopic (exact) mass is 368 g/mol. The molecule has 1 atom stereocenters. The Morgan fingerprint density at radius 1 is 1.26 bits per heavy atom. The highest BCUT2D eigenvalue weighted by atomic mass is 16.5. The Morgan fingerprint density at radius 3 is 2.78 bits per heavy atom. The maximum atomic E-state index is 13.3. The van der Waals surface area contributed by atoms with Crippen LogP contribution in [0.5, 0.6) is 0 Å². The number of hydrogen-bond acceptors (Lipinski definition) is 4. The third-order valence-corrected chi connectivity index (χ3v) is 6.46. The zero-order valence-corrected chi connectivity index (χ0v) is 16.0. The summed E-state index contributed by atoms with van der Waals surface area (Å²) in [5.74, 6) is 1.06. The van der Waals surface area contributed by atoms with Gasteiger partial charge in [0.15, 0.2) is 0 Å². The molecule has 1 heterocycles. The lowest BCUT2D eigenvalue weighted by atomic mass is 9.84. The van der Waals surface area contributed by atoms with E-state index in [1.165, 1.54) is 31.2 Å². The van der Waals surface area contributed by atoms with Gasteiger partial charge in [0.05, 0.1) is 12.0 Å². The van der Waals surface area contributed by atoms with Crippen molar-refractivity contribution in [3.05, 3.63) is 48.0 Å². The number of amides is 1. The Hall–Kier alpha value is -2.21. The highest BCUT2D eigenvalue weighted by molar-refractivity contribution is 5.93. The van der Waals surface area contributed by atoms with Crippen LogP contribution >= 0.6 is 0 Å². The summed E-state index contributed by atoms with van der Waals surface area (Å²) < 4.78 is 7.11. The first kappa shape index (κ1) is 18.2. The van der Waals surface area contributed by atoms with Crippen LogP contribution in [0, 0.1) is 5.41 Å². The van der Waals surface area contributed by atoms with Gasteiger partial charge in [-0.2, -0.15) is 0 Å². The van der Waals surface area contributed by atoms with E-state index in [2.05, 4.69) is 27.6 Å². The molecule has 0 saturated heterocycles. The van der Waals surface area contributed by atoms with Gasteiger partial charge in [0.1, 0.15) is 12.2 Å². The third-order valence-electron chi connectivity index (χ3n) is 6.46. The lowest BCUT2D eigenvalue weighted by Gasteiger charge is -2.22. The Bertz CT molecular complexity index is 782. The van der Waals surface area contributed by atoms with E-state index in [1.807, 2.05) is 22.8 Å². The molecule has 6 nitrogen and oxygen atoms in total. The molecule has 0 radical (unpaired) electrons. The minimum absolute atomic E-state index is 0.178. The minimum Gasteiger partial charge on any atom is -0.383 e. The van der Waals surface area contributed by atoms with E-state index in [-0.39, 0.29) is 16.7 Å². The van der Waals surface area contributed by atoms with Crippen molar-refractivity contribution in [3.8, 4) is 0 Å². The second-order valence-electron chi connectivity index (χ2n) is 7.87. The predicted molar refractivity (Wildman–Crippen MR) is 102 cm³/mol. The molecule has 0 aliphatic heterocycles. The summed E-state index contributed by atoms with van der Waals surface area (Å²) in [5, 5.41) is 11.4. The molecule has 2 saturated carbocycles. The molecular weight excluding hydrogens is 340 g/mol. The van der Waals surface area contributed by atoms with Crippen LogP contribution in [0.1, 0.15) is 43.5 Å². The standard InChI is InChI=1S/C21H28N4O2/c1-27-14-13-25-16-23-24-18(25)9-12-22-19(26)21(17-7-3-2-4-8-17)15-20(21)10-5-6-11-20/h2-4,7-8,16H,5-6,9-15H2,1H3,(H,22,26)/t21-/m1/s1. The first-order chi connectivity index (χ1) is 13.2. The molecule has 2 aliphatic carbocycles. The largest absolute Gasteiger partial charge is 0.383 e. The summed E-state index contributed by atoms with van der Waals surface area (Å²) in [6, 6.07) is 10.3. The molecule has 1 aromatic heterocycles. The van der Waals surface area contributed by atoms with E-state index in [0.717, 1.165) is 18.8 Å². The summed E-state index contributed by atoms with van der Waals surface area (Å²) >= 11 is 0. The maximum absolute atomic E-state index is 13.3. The van der Waals surface area contributed by atoms with Gasteiger partial charge in [-0.1, -0.05) is 43.2 Å². The van der Waals surface area contributed by atoms with Gasteiger partial charge in [-0.25, -0.2) is 0 Å². The molecule has 1 N–H and O–H groups in total. The maximum Gasteiger partial charge on any atom is 0.231 e. The van der Waals surface area contributed by atoms with Crippen LogP contribution in [0.15, 0.2) is 36.7 Å². The highest BCUT2D eigenvalue weighted by Crippen LogP contribution is 2.72. The lowest BCUT2D eigenvalue weighted by molar-refractivity contribution is -0.124. The van der Waals surface area contributed by atoms with Gasteiger partial charge >= 0.3 is 0 Å². The van der Waals surface area contributed by atoms with Crippen molar-refractivity contribution >= 4 is 5.91 Å². The van der Waals surface area contributed by atoms with Gasteiger partial charge in [0.25, 0.3) is 0 Å². The number of rotatable bonds is 8. The van der Waals surface area contributed by atoms with Crippen LogP contribution < -0.4 is 5.32 Å². The van der Waals surface area contributed by atoms with E-state index < -0.39 is 0 Å². The van der Waals surface area contributed by atoms with Crippen LogP contribution in [0.2, 0.25) is 0 Å². The fraction of sp³-hybridized carbons (Fsp3) is 0.571.